The van der Waals surface area contributed by atoms with Crippen molar-refractivity contribution in [3.8, 4) is 0 Å². The van der Waals surface area contributed by atoms with E-state index in [9.17, 15) is 5.11 Å². The maximum atomic E-state index is 9.95. The first kappa shape index (κ1) is 14.8. The molecule has 1 aliphatic rings. The van der Waals surface area contributed by atoms with Gasteiger partial charge in [0.25, 0.3) is 0 Å². The van der Waals surface area contributed by atoms with Gasteiger partial charge in [-0.2, -0.15) is 0 Å². The number of anilines is 1. The fraction of sp³-hybridized carbons (Fsp3) is 0.438. The van der Waals surface area contributed by atoms with Gasteiger partial charge in [-0.15, -0.1) is 0 Å². The van der Waals surface area contributed by atoms with Crippen molar-refractivity contribution >= 4 is 32.5 Å². The van der Waals surface area contributed by atoms with E-state index >= 15 is 0 Å². The van der Waals surface area contributed by atoms with Gasteiger partial charge in [-0.25, -0.2) is 0 Å². The van der Waals surface area contributed by atoms with E-state index in [1.807, 2.05) is 24.3 Å². The number of halogens is 1. The van der Waals surface area contributed by atoms with Gasteiger partial charge in [0, 0.05) is 34.9 Å². The molecule has 2 aromatic rings. The second-order valence-corrected chi connectivity index (χ2v) is 6.45. The molecule has 5 heteroatoms. The van der Waals surface area contributed by atoms with Crippen molar-refractivity contribution in [1.82, 2.24) is 4.98 Å². The Kier molecular flexibility index (Phi) is 4.73. The number of aromatic nitrogens is 1. The van der Waals surface area contributed by atoms with Crippen molar-refractivity contribution in [2.24, 2.45) is 5.92 Å². The van der Waals surface area contributed by atoms with Gasteiger partial charge in [0.2, 0.25) is 0 Å². The minimum absolute atomic E-state index is 0.387. The van der Waals surface area contributed by atoms with Crippen molar-refractivity contribution in [2.75, 3.05) is 25.1 Å². The summed E-state index contributed by atoms with van der Waals surface area (Å²) in [7, 11) is 0. The van der Waals surface area contributed by atoms with Crippen molar-refractivity contribution in [2.45, 2.75) is 18.9 Å². The van der Waals surface area contributed by atoms with Crippen LogP contribution in [0.3, 0.4) is 0 Å². The number of hydrogen-bond donors (Lipinski definition) is 2. The first-order valence-electron chi connectivity index (χ1n) is 7.26. The Bertz CT molecular complexity index is 616. The Balaban J connectivity index is 1.56. The summed E-state index contributed by atoms with van der Waals surface area (Å²) < 4.78 is 6.51. The van der Waals surface area contributed by atoms with Crippen molar-refractivity contribution in [1.29, 1.82) is 0 Å². The highest BCUT2D eigenvalue weighted by Gasteiger charge is 2.21. The maximum absolute atomic E-state index is 9.95. The second kappa shape index (κ2) is 6.73. The molecule has 21 heavy (non-hydrogen) atoms. The summed E-state index contributed by atoms with van der Waals surface area (Å²) in [4.78, 5) is 4.35. The van der Waals surface area contributed by atoms with Crippen LogP contribution in [0.25, 0.3) is 10.9 Å². The van der Waals surface area contributed by atoms with E-state index in [2.05, 4.69) is 26.2 Å². The van der Waals surface area contributed by atoms with Crippen molar-refractivity contribution < 1.29 is 9.84 Å². The number of rotatable bonds is 7. The Labute approximate surface area is 132 Å². The van der Waals surface area contributed by atoms with E-state index < -0.39 is 6.10 Å². The quantitative estimate of drug-likeness (QED) is 0.805. The first-order valence-corrected chi connectivity index (χ1v) is 8.05. The average Bonchev–Trinajstić information content (AvgIpc) is 3.29. The molecule has 112 valence electrons. The lowest BCUT2D eigenvalue weighted by molar-refractivity contribution is 0.0386. The lowest BCUT2D eigenvalue weighted by atomic mass is 10.2. The highest BCUT2D eigenvalue weighted by atomic mass is 79.9. The molecule has 1 aromatic heterocycles. The molecular weight excluding hydrogens is 332 g/mol. The summed E-state index contributed by atoms with van der Waals surface area (Å²) in [6, 6.07) is 7.92. The third kappa shape index (κ3) is 4.15. The van der Waals surface area contributed by atoms with Crippen LogP contribution in [0.1, 0.15) is 12.8 Å². The van der Waals surface area contributed by atoms with Gasteiger partial charge >= 0.3 is 0 Å². The van der Waals surface area contributed by atoms with Crippen LogP contribution in [0.2, 0.25) is 0 Å². The molecule has 1 atom stereocenters. The Morgan fingerprint density at radius 3 is 3.05 bits per heavy atom. The zero-order chi connectivity index (χ0) is 14.7. The Morgan fingerprint density at radius 2 is 2.24 bits per heavy atom. The first-order chi connectivity index (χ1) is 10.2. The summed E-state index contributed by atoms with van der Waals surface area (Å²) in [5, 5.41) is 14.3. The van der Waals surface area contributed by atoms with Crippen LogP contribution in [0, 0.1) is 5.92 Å². The molecule has 0 radical (unpaired) electrons. The number of nitrogens with one attached hydrogen (secondary N) is 1. The van der Waals surface area contributed by atoms with Crippen LogP contribution in [-0.4, -0.2) is 36.0 Å². The molecule has 0 bridgehead atoms. The second-order valence-electron chi connectivity index (χ2n) is 5.54. The number of hydrogen-bond acceptors (Lipinski definition) is 4. The standard InChI is InChI=1S/C16H19BrN2O2/c17-12-3-4-14-15(5-6-18-16(14)7-12)19-8-13(20)10-21-9-11-1-2-11/h3-7,11,13,20H,1-2,8-10H2,(H,18,19)/t13-/m1/s1. The summed E-state index contributed by atoms with van der Waals surface area (Å²) >= 11 is 3.45. The third-order valence-corrected chi connectivity index (χ3v) is 4.09. The predicted molar refractivity (Wildman–Crippen MR) is 87.5 cm³/mol. The third-order valence-electron chi connectivity index (χ3n) is 3.59. The maximum Gasteiger partial charge on any atom is 0.0945 e. The average molecular weight is 351 g/mol. The van der Waals surface area contributed by atoms with Gasteiger partial charge in [0.1, 0.15) is 0 Å². The van der Waals surface area contributed by atoms with Crippen LogP contribution < -0.4 is 5.32 Å². The van der Waals surface area contributed by atoms with Crippen LogP contribution in [0.15, 0.2) is 34.9 Å². The van der Waals surface area contributed by atoms with Crippen LogP contribution in [0.4, 0.5) is 5.69 Å². The van der Waals surface area contributed by atoms with Gasteiger partial charge in [-0.1, -0.05) is 15.9 Å². The molecule has 3 rings (SSSR count). The molecule has 1 fully saturated rings. The lowest BCUT2D eigenvalue weighted by Crippen LogP contribution is -2.25. The number of ether oxygens (including phenoxy) is 1. The monoisotopic (exact) mass is 350 g/mol. The Morgan fingerprint density at radius 1 is 1.38 bits per heavy atom. The van der Waals surface area contributed by atoms with Crippen molar-refractivity contribution in [3.05, 3.63) is 34.9 Å². The molecular formula is C16H19BrN2O2. The minimum atomic E-state index is -0.498. The number of aliphatic hydroxyl groups excluding tert-OH is 1. The largest absolute Gasteiger partial charge is 0.389 e. The number of benzene rings is 1. The van der Waals surface area contributed by atoms with Gasteiger partial charge < -0.3 is 15.2 Å². The summed E-state index contributed by atoms with van der Waals surface area (Å²) in [5.74, 6) is 0.729. The molecule has 0 aliphatic heterocycles. The number of nitrogens with zero attached hydrogens (tertiary/aromatic N) is 1. The van der Waals surface area contributed by atoms with E-state index in [4.69, 9.17) is 4.74 Å². The van der Waals surface area contributed by atoms with Gasteiger partial charge in [0.15, 0.2) is 0 Å². The molecule has 1 saturated carbocycles. The van der Waals surface area contributed by atoms with Crippen LogP contribution >= 0.6 is 15.9 Å². The van der Waals surface area contributed by atoms with Gasteiger partial charge in [-0.05, 0) is 43.0 Å². The molecule has 4 nitrogen and oxygen atoms in total. The van der Waals surface area contributed by atoms with E-state index in [1.54, 1.807) is 6.20 Å². The molecule has 1 aromatic carbocycles. The summed E-state index contributed by atoms with van der Waals surface area (Å²) in [5.41, 5.74) is 1.91. The highest BCUT2D eigenvalue weighted by Crippen LogP contribution is 2.28. The normalized spacial score (nSPS) is 16.1. The van der Waals surface area contributed by atoms with E-state index in [-0.39, 0.29) is 0 Å². The predicted octanol–water partition coefficient (Wildman–Crippen LogP) is 3.20. The lowest BCUT2D eigenvalue weighted by Gasteiger charge is -2.14. The molecule has 1 aliphatic carbocycles. The number of pyridine rings is 1. The summed E-state index contributed by atoms with van der Waals surface area (Å²) in [6.45, 7) is 1.64. The fourth-order valence-corrected chi connectivity index (χ4v) is 2.57. The van der Waals surface area contributed by atoms with Crippen LogP contribution in [-0.2, 0) is 4.74 Å². The zero-order valence-electron chi connectivity index (χ0n) is 11.8. The smallest absolute Gasteiger partial charge is 0.0945 e. The number of aliphatic hydroxyl groups is 1. The molecule has 2 N–H and O–H groups in total. The molecule has 0 saturated heterocycles. The van der Waals surface area contributed by atoms with E-state index in [1.165, 1.54) is 12.8 Å². The SMILES string of the molecule is O[C@H](CNc1ccnc2cc(Br)ccc12)COCC1CC1. The fourth-order valence-electron chi connectivity index (χ4n) is 2.22. The van der Waals surface area contributed by atoms with Gasteiger partial charge in [0.05, 0.1) is 18.2 Å². The van der Waals surface area contributed by atoms with E-state index in [0.29, 0.717) is 13.2 Å². The number of fused-ring (bicyclic) bond motifs is 1. The molecule has 0 unspecified atom stereocenters. The molecule has 1 heterocycles. The topological polar surface area (TPSA) is 54.4 Å². The van der Waals surface area contributed by atoms with Crippen molar-refractivity contribution in [3.63, 3.8) is 0 Å². The Hall–Kier alpha value is -1.17. The highest BCUT2D eigenvalue weighted by molar-refractivity contribution is 9.10. The molecule has 0 amide bonds. The minimum Gasteiger partial charge on any atom is -0.389 e. The van der Waals surface area contributed by atoms with Gasteiger partial charge in [-0.3, -0.25) is 4.98 Å². The van der Waals surface area contributed by atoms with Crippen LogP contribution in [0.5, 0.6) is 0 Å². The summed E-state index contributed by atoms with van der Waals surface area (Å²) in [6.07, 6.45) is 3.81. The van der Waals surface area contributed by atoms with E-state index in [0.717, 1.165) is 33.6 Å². The zero-order valence-corrected chi connectivity index (χ0v) is 13.3. The molecule has 0 spiro atoms.